The van der Waals surface area contributed by atoms with Crippen LogP contribution in [0.25, 0.3) is 0 Å². The van der Waals surface area contributed by atoms with Gasteiger partial charge in [-0.1, -0.05) is 37.3 Å². The normalized spacial score (nSPS) is 18.7. The first-order valence-corrected chi connectivity index (χ1v) is 7.83. The number of amides is 2. The summed E-state index contributed by atoms with van der Waals surface area (Å²) in [5.74, 6) is 0.0660. The van der Waals surface area contributed by atoms with Gasteiger partial charge >= 0.3 is 0 Å². The van der Waals surface area contributed by atoms with E-state index in [1.54, 1.807) is 4.90 Å². The molecule has 1 N–H and O–H groups in total. The molecule has 1 atom stereocenters. The Labute approximate surface area is 126 Å². The number of nitrogens with one attached hydrogen (secondary N) is 1. The molecular weight excluding hydrogens is 264 g/mol. The summed E-state index contributed by atoms with van der Waals surface area (Å²) in [6, 6.07) is 9.56. The van der Waals surface area contributed by atoms with E-state index in [0.717, 1.165) is 37.8 Å². The van der Waals surface area contributed by atoms with Crippen molar-refractivity contribution < 1.29 is 9.59 Å². The molecule has 4 nitrogen and oxygen atoms in total. The quantitative estimate of drug-likeness (QED) is 0.905. The summed E-state index contributed by atoms with van der Waals surface area (Å²) in [4.78, 5) is 26.5. The summed E-state index contributed by atoms with van der Waals surface area (Å²) in [5, 5.41) is 2.93. The Balaban J connectivity index is 2.18. The Morgan fingerprint density at radius 3 is 2.76 bits per heavy atom. The third-order valence-electron chi connectivity index (χ3n) is 3.86. The lowest BCUT2D eigenvalue weighted by atomic mass is 10.1. The largest absolute Gasteiger partial charge is 0.354 e. The van der Waals surface area contributed by atoms with Gasteiger partial charge in [-0.05, 0) is 31.2 Å². The van der Waals surface area contributed by atoms with E-state index >= 15 is 0 Å². The van der Waals surface area contributed by atoms with Crippen LogP contribution in [0.15, 0.2) is 30.3 Å². The second kappa shape index (κ2) is 7.81. The maximum absolute atomic E-state index is 12.5. The SMILES string of the molecule is CCCC(=O)N(Cc1ccccc1)C1CCCCNC1=O. The zero-order chi connectivity index (χ0) is 15.1. The van der Waals surface area contributed by atoms with Gasteiger partial charge in [0, 0.05) is 19.5 Å². The molecule has 1 aromatic carbocycles. The van der Waals surface area contributed by atoms with Crippen LogP contribution in [0.4, 0.5) is 0 Å². The summed E-state index contributed by atoms with van der Waals surface area (Å²) in [6.07, 6.45) is 4.03. The van der Waals surface area contributed by atoms with Crippen molar-refractivity contribution >= 4 is 11.8 Å². The third-order valence-corrected chi connectivity index (χ3v) is 3.86. The molecule has 0 saturated carbocycles. The minimum atomic E-state index is -0.327. The van der Waals surface area contributed by atoms with Crippen molar-refractivity contribution in [3.63, 3.8) is 0 Å². The molecule has 1 fully saturated rings. The van der Waals surface area contributed by atoms with Crippen LogP contribution in [0.2, 0.25) is 0 Å². The molecule has 0 spiro atoms. The highest BCUT2D eigenvalue weighted by molar-refractivity contribution is 5.87. The van der Waals surface area contributed by atoms with E-state index in [1.165, 1.54) is 0 Å². The van der Waals surface area contributed by atoms with Gasteiger partial charge in [0.2, 0.25) is 11.8 Å². The molecule has 0 aromatic heterocycles. The van der Waals surface area contributed by atoms with Crippen LogP contribution < -0.4 is 5.32 Å². The number of rotatable bonds is 5. The van der Waals surface area contributed by atoms with E-state index in [1.807, 2.05) is 37.3 Å². The van der Waals surface area contributed by atoms with Gasteiger partial charge in [-0.15, -0.1) is 0 Å². The van der Waals surface area contributed by atoms with Crippen molar-refractivity contribution in [3.05, 3.63) is 35.9 Å². The average molecular weight is 288 g/mol. The standard InChI is InChI=1S/C17H24N2O2/c1-2-8-16(20)19(13-14-9-4-3-5-10-14)15-11-6-7-12-18-17(15)21/h3-5,9-10,15H,2,6-8,11-13H2,1H3,(H,18,21). The fourth-order valence-electron chi connectivity index (χ4n) is 2.73. The summed E-state index contributed by atoms with van der Waals surface area (Å²) >= 11 is 0. The smallest absolute Gasteiger partial charge is 0.242 e. The summed E-state index contributed by atoms with van der Waals surface area (Å²) < 4.78 is 0. The first kappa shape index (κ1) is 15.5. The van der Waals surface area contributed by atoms with Crippen LogP contribution in [0.3, 0.4) is 0 Å². The van der Waals surface area contributed by atoms with Gasteiger partial charge in [-0.3, -0.25) is 9.59 Å². The van der Waals surface area contributed by atoms with Crippen molar-refractivity contribution in [3.8, 4) is 0 Å². The second-order valence-corrected chi connectivity index (χ2v) is 5.56. The van der Waals surface area contributed by atoms with E-state index in [-0.39, 0.29) is 17.9 Å². The van der Waals surface area contributed by atoms with Crippen molar-refractivity contribution in [1.29, 1.82) is 0 Å². The molecule has 1 aliphatic rings. The Morgan fingerprint density at radius 2 is 2.05 bits per heavy atom. The number of nitrogens with zero attached hydrogens (tertiary/aromatic N) is 1. The van der Waals surface area contributed by atoms with Crippen LogP contribution in [0.1, 0.15) is 44.6 Å². The monoisotopic (exact) mass is 288 g/mol. The third kappa shape index (κ3) is 4.31. The van der Waals surface area contributed by atoms with Crippen molar-refractivity contribution in [2.45, 2.75) is 51.6 Å². The molecule has 0 aliphatic carbocycles. The highest BCUT2D eigenvalue weighted by Crippen LogP contribution is 2.17. The number of hydrogen-bond donors (Lipinski definition) is 1. The maximum Gasteiger partial charge on any atom is 0.242 e. The maximum atomic E-state index is 12.5. The molecule has 0 radical (unpaired) electrons. The zero-order valence-electron chi connectivity index (χ0n) is 12.7. The highest BCUT2D eigenvalue weighted by Gasteiger charge is 2.30. The fraction of sp³-hybridized carbons (Fsp3) is 0.529. The van der Waals surface area contributed by atoms with Crippen LogP contribution in [0, 0.1) is 0 Å². The van der Waals surface area contributed by atoms with Gasteiger partial charge in [0.15, 0.2) is 0 Å². The molecular formula is C17H24N2O2. The number of carbonyl (C=O) groups excluding carboxylic acids is 2. The van der Waals surface area contributed by atoms with Gasteiger partial charge in [-0.25, -0.2) is 0 Å². The van der Waals surface area contributed by atoms with Crippen LogP contribution in [-0.4, -0.2) is 29.3 Å². The minimum absolute atomic E-state index is 0.00659. The van der Waals surface area contributed by atoms with Gasteiger partial charge in [0.25, 0.3) is 0 Å². The van der Waals surface area contributed by atoms with Crippen molar-refractivity contribution in [1.82, 2.24) is 10.2 Å². The van der Waals surface area contributed by atoms with E-state index in [9.17, 15) is 9.59 Å². The predicted octanol–water partition coefficient (Wildman–Crippen LogP) is 2.48. The second-order valence-electron chi connectivity index (χ2n) is 5.56. The van der Waals surface area contributed by atoms with Crippen LogP contribution in [-0.2, 0) is 16.1 Å². The van der Waals surface area contributed by atoms with Gasteiger partial charge in [0.05, 0.1) is 0 Å². The molecule has 1 unspecified atom stereocenters. The first-order valence-electron chi connectivity index (χ1n) is 7.83. The zero-order valence-corrected chi connectivity index (χ0v) is 12.7. The topological polar surface area (TPSA) is 49.4 Å². The molecule has 1 heterocycles. The molecule has 1 saturated heterocycles. The molecule has 4 heteroatoms. The lowest BCUT2D eigenvalue weighted by Gasteiger charge is -2.30. The van der Waals surface area contributed by atoms with Crippen molar-refractivity contribution in [2.24, 2.45) is 0 Å². The molecule has 114 valence electrons. The van der Waals surface area contributed by atoms with E-state index in [2.05, 4.69) is 5.32 Å². The van der Waals surface area contributed by atoms with Gasteiger partial charge < -0.3 is 10.2 Å². The molecule has 0 bridgehead atoms. The fourth-order valence-corrected chi connectivity index (χ4v) is 2.73. The van der Waals surface area contributed by atoms with Gasteiger partial charge in [0.1, 0.15) is 6.04 Å². The lowest BCUT2D eigenvalue weighted by Crippen LogP contribution is -2.48. The Bertz CT molecular complexity index is 473. The van der Waals surface area contributed by atoms with Crippen LogP contribution >= 0.6 is 0 Å². The minimum Gasteiger partial charge on any atom is -0.354 e. The Hall–Kier alpha value is -1.84. The average Bonchev–Trinajstić information content (AvgIpc) is 2.71. The highest BCUT2D eigenvalue weighted by atomic mass is 16.2. The van der Waals surface area contributed by atoms with E-state index < -0.39 is 0 Å². The molecule has 2 amide bonds. The summed E-state index contributed by atoms with van der Waals surface area (Å²) in [6.45, 7) is 3.22. The van der Waals surface area contributed by atoms with Crippen molar-refractivity contribution in [2.75, 3.05) is 6.54 Å². The molecule has 1 aromatic rings. The Morgan fingerprint density at radius 1 is 1.29 bits per heavy atom. The molecule has 2 rings (SSSR count). The van der Waals surface area contributed by atoms with E-state index in [4.69, 9.17) is 0 Å². The Kier molecular flexibility index (Phi) is 5.78. The summed E-state index contributed by atoms with van der Waals surface area (Å²) in [7, 11) is 0. The lowest BCUT2D eigenvalue weighted by molar-refractivity contribution is -0.141. The number of carbonyl (C=O) groups is 2. The molecule has 1 aliphatic heterocycles. The van der Waals surface area contributed by atoms with Gasteiger partial charge in [-0.2, -0.15) is 0 Å². The first-order chi connectivity index (χ1) is 10.2. The van der Waals surface area contributed by atoms with E-state index in [0.29, 0.717) is 13.0 Å². The number of hydrogen-bond acceptors (Lipinski definition) is 2. The summed E-state index contributed by atoms with van der Waals surface area (Å²) in [5.41, 5.74) is 1.07. The predicted molar refractivity (Wildman–Crippen MR) is 82.5 cm³/mol. The molecule has 21 heavy (non-hydrogen) atoms. The van der Waals surface area contributed by atoms with Crippen LogP contribution in [0.5, 0.6) is 0 Å². The number of benzene rings is 1.